The molecule has 0 radical (unpaired) electrons. The fourth-order valence-electron chi connectivity index (χ4n) is 1.19. The van der Waals surface area contributed by atoms with Crippen LogP contribution in [0.2, 0.25) is 0 Å². The number of hydrogen-bond acceptors (Lipinski definition) is 4. The van der Waals surface area contributed by atoms with Crippen LogP contribution in [0.5, 0.6) is 0 Å². The predicted octanol–water partition coefficient (Wildman–Crippen LogP) is 1.86. The summed E-state index contributed by atoms with van der Waals surface area (Å²) in [6.45, 7) is 6.42. The normalized spacial score (nSPS) is 11.1. The van der Waals surface area contributed by atoms with E-state index in [0.29, 0.717) is 18.7 Å². The number of aliphatic hydroxyl groups is 1. The zero-order valence-corrected chi connectivity index (χ0v) is 11.2. The molecule has 0 aliphatic rings. The van der Waals surface area contributed by atoms with Gasteiger partial charge in [-0.1, -0.05) is 20.8 Å². The molecule has 5 nitrogen and oxygen atoms in total. The average molecular weight is 251 g/mol. The van der Waals surface area contributed by atoms with Crippen molar-refractivity contribution in [2.24, 2.45) is 5.41 Å². The monoisotopic (exact) mass is 251 g/mol. The second-order valence-corrected chi connectivity index (χ2v) is 5.14. The third kappa shape index (κ3) is 4.71. The highest BCUT2D eigenvalue weighted by atomic mass is 16.3. The third-order valence-corrected chi connectivity index (χ3v) is 2.34. The Morgan fingerprint density at radius 2 is 2.11 bits per heavy atom. The second kappa shape index (κ2) is 6.35. The Morgan fingerprint density at radius 1 is 1.39 bits per heavy atom. The van der Waals surface area contributed by atoms with Crippen LogP contribution in [-0.2, 0) is 4.79 Å². The summed E-state index contributed by atoms with van der Waals surface area (Å²) in [4.78, 5) is 15.9. The Morgan fingerprint density at radius 3 is 2.61 bits per heavy atom. The van der Waals surface area contributed by atoms with E-state index in [4.69, 9.17) is 5.11 Å². The van der Waals surface area contributed by atoms with Gasteiger partial charge in [-0.15, -0.1) is 0 Å². The number of rotatable bonds is 5. The summed E-state index contributed by atoms with van der Waals surface area (Å²) >= 11 is 0. The zero-order valence-electron chi connectivity index (χ0n) is 11.2. The standard InChI is InChI=1S/C13H21N3O2/c1-13(2,3)12(18)16-10-5-6-11(15-9-10)14-7-4-8-17/h5-6,9,17H,4,7-8H2,1-3H3,(H,14,15)(H,16,18). The molecule has 0 fully saturated rings. The molecule has 0 spiro atoms. The SMILES string of the molecule is CC(C)(C)C(=O)Nc1ccc(NCCCO)nc1. The van der Waals surface area contributed by atoms with E-state index < -0.39 is 5.41 Å². The Kier molecular flexibility index (Phi) is 5.09. The number of nitrogens with one attached hydrogen (secondary N) is 2. The third-order valence-electron chi connectivity index (χ3n) is 2.34. The van der Waals surface area contributed by atoms with Crippen molar-refractivity contribution in [2.75, 3.05) is 23.8 Å². The minimum atomic E-state index is -0.419. The van der Waals surface area contributed by atoms with Gasteiger partial charge in [-0.2, -0.15) is 0 Å². The van der Waals surface area contributed by atoms with Crippen molar-refractivity contribution in [1.29, 1.82) is 0 Å². The number of aromatic nitrogens is 1. The molecule has 0 aliphatic carbocycles. The Hall–Kier alpha value is -1.62. The predicted molar refractivity (Wildman–Crippen MR) is 72.5 cm³/mol. The van der Waals surface area contributed by atoms with Gasteiger partial charge >= 0.3 is 0 Å². The molecule has 0 saturated carbocycles. The highest BCUT2D eigenvalue weighted by molar-refractivity contribution is 5.94. The van der Waals surface area contributed by atoms with E-state index in [0.717, 1.165) is 5.82 Å². The number of aliphatic hydroxyl groups excluding tert-OH is 1. The van der Waals surface area contributed by atoms with Crippen molar-refractivity contribution in [3.8, 4) is 0 Å². The van der Waals surface area contributed by atoms with Gasteiger partial charge in [0.2, 0.25) is 5.91 Å². The molecule has 100 valence electrons. The van der Waals surface area contributed by atoms with Gasteiger partial charge in [0, 0.05) is 18.6 Å². The zero-order chi connectivity index (χ0) is 13.6. The molecule has 0 saturated heterocycles. The first-order valence-electron chi connectivity index (χ1n) is 6.06. The number of pyridine rings is 1. The van der Waals surface area contributed by atoms with Crippen molar-refractivity contribution >= 4 is 17.4 Å². The van der Waals surface area contributed by atoms with E-state index in [1.165, 1.54) is 0 Å². The smallest absolute Gasteiger partial charge is 0.229 e. The first-order valence-corrected chi connectivity index (χ1v) is 6.06. The van der Waals surface area contributed by atoms with Crippen LogP contribution < -0.4 is 10.6 Å². The molecule has 3 N–H and O–H groups in total. The van der Waals surface area contributed by atoms with Crippen LogP contribution in [0, 0.1) is 5.41 Å². The maximum Gasteiger partial charge on any atom is 0.229 e. The molecule has 1 aromatic rings. The maximum atomic E-state index is 11.7. The van der Waals surface area contributed by atoms with Crippen LogP contribution in [0.25, 0.3) is 0 Å². The van der Waals surface area contributed by atoms with Gasteiger partial charge in [0.05, 0.1) is 11.9 Å². The van der Waals surface area contributed by atoms with Gasteiger partial charge < -0.3 is 15.7 Å². The molecule has 1 rings (SSSR count). The lowest BCUT2D eigenvalue weighted by molar-refractivity contribution is -0.123. The number of amides is 1. The number of anilines is 2. The van der Waals surface area contributed by atoms with Gasteiger partial charge in [-0.25, -0.2) is 4.98 Å². The number of hydrogen-bond donors (Lipinski definition) is 3. The molecule has 0 atom stereocenters. The second-order valence-electron chi connectivity index (χ2n) is 5.14. The van der Waals surface area contributed by atoms with E-state index in [1.54, 1.807) is 18.3 Å². The number of nitrogens with zero attached hydrogens (tertiary/aromatic N) is 1. The van der Waals surface area contributed by atoms with E-state index in [-0.39, 0.29) is 12.5 Å². The van der Waals surface area contributed by atoms with Crippen molar-refractivity contribution in [1.82, 2.24) is 4.98 Å². The van der Waals surface area contributed by atoms with E-state index >= 15 is 0 Å². The van der Waals surface area contributed by atoms with Crippen molar-refractivity contribution in [3.63, 3.8) is 0 Å². The molecular weight excluding hydrogens is 230 g/mol. The summed E-state index contributed by atoms with van der Waals surface area (Å²) < 4.78 is 0. The minimum Gasteiger partial charge on any atom is -0.396 e. The molecule has 0 unspecified atom stereocenters. The largest absolute Gasteiger partial charge is 0.396 e. The Bertz CT molecular complexity index is 382. The summed E-state index contributed by atoms with van der Waals surface area (Å²) in [7, 11) is 0. The van der Waals surface area contributed by atoms with E-state index in [2.05, 4.69) is 15.6 Å². The molecule has 0 aromatic carbocycles. The van der Waals surface area contributed by atoms with Crippen LogP contribution >= 0.6 is 0 Å². The molecule has 5 heteroatoms. The van der Waals surface area contributed by atoms with Crippen molar-refractivity contribution in [2.45, 2.75) is 27.2 Å². The molecule has 1 heterocycles. The summed E-state index contributed by atoms with van der Waals surface area (Å²) in [5, 5.41) is 14.5. The maximum absolute atomic E-state index is 11.7. The topological polar surface area (TPSA) is 74.2 Å². The first kappa shape index (κ1) is 14.4. The van der Waals surface area contributed by atoms with Crippen molar-refractivity contribution in [3.05, 3.63) is 18.3 Å². The molecule has 18 heavy (non-hydrogen) atoms. The first-order chi connectivity index (χ1) is 8.43. The quantitative estimate of drug-likeness (QED) is 0.698. The Balaban J connectivity index is 2.53. The molecule has 1 amide bonds. The lowest BCUT2D eigenvalue weighted by Crippen LogP contribution is -2.27. The molecular formula is C13H21N3O2. The Labute approximate surface area is 108 Å². The fraction of sp³-hybridized carbons (Fsp3) is 0.538. The highest BCUT2D eigenvalue weighted by Gasteiger charge is 2.21. The number of carbonyl (C=O) groups is 1. The lowest BCUT2D eigenvalue weighted by atomic mass is 9.96. The number of carbonyl (C=O) groups excluding carboxylic acids is 1. The summed E-state index contributed by atoms with van der Waals surface area (Å²) in [5.41, 5.74) is 0.264. The summed E-state index contributed by atoms with van der Waals surface area (Å²) in [6.07, 6.45) is 2.30. The van der Waals surface area contributed by atoms with Gasteiger partial charge in [0.15, 0.2) is 0 Å². The van der Waals surface area contributed by atoms with Crippen LogP contribution in [0.1, 0.15) is 27.2 Å². The van der Waals surface area contributed by atoms with Crippen LogP contribution in [-0.4, -0.2) is 29.1 Å². The average Bonchev–Trinajstić information content (AvgIpc) is 2.30. The fourth-order valence-corrected chi connectivity index (χ4v) is 1.19. The van der Waals surface area contributed by atoms with E-state index in [9.17, 15) is 4.79 Å². The molecule has 0 bridgehead atoms. The van der Waals surface area contributed by atoms with E-state index in [1.807, 2.05) is 20.8 Å². The molecule has 0 aliphatic heterocycles. The van der Waals surface area contributed by atoms with Crippen LogP contribution in [0.3, 0.4) is 0 Å². The highest BCUT2D eigenvalue weighted by Crippen LogP contribution is 2.17. The minimum absolute atomic E-state index is 0.0368. The van der Waals surface area contributed by atoms with Gasteiger partial charge in [-0.3, -0.25) is 4.79 Å². The summed E-state index contributed by atoms with van der Waals surface area (Å²) in [6, 6.07) is 3.60. The van der Waals surface area contributed by atoms with Gasteiger partial charge in [-0.05, 0) is 18.6 Å². The van der Waals surface area contributed by atoms with Crippen LogP contribution in [0.4, 0.5) is 11.5 Å². The van der Waals surface area contributed by atoms with Crippen molar-refractivity contribution < 1.29 is 9.90 Å². The lowest BCUT2D eigenvalue weighted by Gasteiger charge is -2.17. The summed E-state index contributed by atoms with van der Waals surface area (Å²) in [5.74, 6) is 0.697. The molecule has 1 aromatic heterocycles. The van der Waals surface area contributed by atoms with Crippen LogP contribution in [0.15, 0.2) is 18.3 Å². The van der Waals surface area contributed by atoms with Gasteiger partial charge in [0.25, 0.3) is 0 Å². The van der Waals surface area contributed by atoms with Gasteiger partial charge in [0.1, 0.15) is 5.82 Å².